The Morgan fingerprint density at radius 3 is 2.69 bits per heavy atom. The summed E-state index contributed by atoms with van der Waals surface area (Å²) in [5.41, 5.74) is 7.86. The van der Waals surface area contributed by atoms with E-state index in [1.807, 2.05) is 12.1 Å². The van der Waals surface area contributed by atoms with Gasteiger partial charge in [-0.3, -0.25) is 0 Å². The summed E-state index contributed by atoms with van der Waals surface area (Å²) in [4.78, 5) is 0. The first kappa shape index (κ1) is 11.9. The molecule has 0 spiro atoms. The van der Waals surface area contributed by atoms with Crippen molar-refractivity contribution in [1.82, 2.24) is 0 Å². The Morgan fingerprint density at radius 1 is 1.31 bits per heavy atom. The fraction of sp³-hybridized carbons (Fsp3) is 0.571. The van der Waals surface area contributed by atoms with Gasteiger partial charge in [0.15, 0.2) is 0 Å². The maximum absolute atomic E-state index is 6.26. The highest BCUT2D eigenvalue weighted by Gasteiger charge is 2.34. The number of hydrogen-bond acceptors (Lipinski definition) is 1. The van der Waals surface area contributed by atoms with Gasteiger partial charge in [0, 0.05) is 17.0 Å². The molecule has 1 saturated carbocycles. The lowest BCUT2D eigenvalue weighted by Gasteiger charge is -2.39. The molecule has 1 aromatic rings. The zero-order valence-corrected chi connectivity index (χ0v) is 10.8. The van der Waals surface area contributed by atoms with Gasteiger partial charge in [0.05, 0.1) is 0 Å². The van der Waals surface area contributed by atoms with E-state index in [4.69, 9.17) is 17.3 Å². The molecule has 2 N–H and O–H groups in total. The van der Waals surface area contributed by atoms with Gasteiger partial charge in [-0.1, -0.05) is 43.6 Å². The van der Waals surface area contributed by atoms with E-state index in [0.29, 0.717) is 11.3 Å². The Kier molecular flexibility index (Phi) is 3.27. The molecule has 2 rings (SSSR count). The van der Waals surface area contributed by atoms with E-state index < -0.39 is 0 Å². The predicted octanol–water partition coefficient (Wildman–Crippen LogP) is 3.96. The van der Waals surface area contributed by atoms with E-state index in [9.17, 15) is 0 Å². The quantitative estimate of drug-likeness (QED) is 0.786. The number of rotatable bonds is 1. The highest BCUT2D eigenvalue weighted by atomic mass is 35.5. The zero-order chi connectivity index (χ0) is 11.8. The average Bonchev–Trinajstić information content (AvgIpc) is 2.23. The van der Waals surface area contributed by atoms with E-state index >= 15 is 0 Å². The molecule has 16 heavy (non-hydrogen) atoms. The van der Waals surface area contributed by atoms with Gasteiger partial charge in [0.25, 0.3) is 0 Å². The Labute approximate surface area is 103 Å². The predicted molar refractivity (Wildman–Crippen MR) is 69.8 cm³/mol. The van der Waals surface area contributed by atoms with Gasteiger partial charge < -0.3 is 5.73 Å². The first-order valence-corrected chi connectivity index (χ1v) is 6.37. The van der Waals surface area contributed by atoms with Gasteiger partial charge in [-0.05, 0) is 36.3 Å². The molecule has 88 valence electrons. The number of halogens is 1. The number of nitrogens with two attached hydrogens (primary N) is 1. The third-order valence-corrected chi connectivity index (χ3v) is 4.09. The summed E-state index contributed by atoms with van der Waals surface area (Å²) in [5, 5.41) is 0.862. The fourth-order valence-corrected chi connectivity index (χ4v) is 3.00. The Morgan fingerprint density at radius 2 is 2.00 bits per heavy atom. The van der Waals surface area contributed by atoms with E-state index in [1.54, 1.807) is 0 Å². The van der Waals surface area contributed by atoms with Crippen molar-refractivity contribution in [3.05, 3.63) is 34.9 Å². The molecule has 1 fully saturated rings. The van der Waals surface area contributed by atoms with Crippen molar-refractivity contribution in [3.8, 4) is 0 Å². The van der Waals surface area contributed by atoms with E-state index in [1.165, 1.54) is 12.0 Å². The Balaban J connectivity index is 2.28. The maximum Gasteiger partial charge on any atom is 0.0441 e. The highest BCUT2D eigenvalue weighted by Crippen LogP contribution is 2.44. The molecule has 2 heteroatoms. The van der Waals surface area contributed by atoms with Gasteiger partial charge in [0.1, 0.15) is 0 Å². The molecule has 1 aromatic carbocycles. The van der Waals surface area contributed by atoms with Crippen LogP contribution in [0.3, 0.4) is 0 Å². The van der Waals surface area contributed by atoms with E-state index in [0.717, 1.165) is 17.9 Å². The summed E-state index contributed by atoms with van der Waals surface area (Å²) in [5.74, 6) is 0.414. The molecule has 0 heterocycles. The van der Waals surface area contributed by atoms with Gasteiger partial charge in [-0.25, -0.2) is 0 Å². The minimum Gasteiger partial charge on any atom is -0.327 e. The van der Waals surface area contributed by atoms with Crippen LogP contribution in [-0.2, 0) is 0 Å². The molecule has 1 aliphatic rings. The monoisotopic (exact) mass is 237 g/mol. The molecule has 2 atom stereocenters. The largest absolute Gasteiger partial charge is 0.327 e. The minimum atomic E-state index is 0.257. The standard InChI is InChI=1S/C14H20ClN/c1-14(2)8-7-13(16)11(9-14)10-5-3-4-6-12(10)15/h3-6,11,13H,7-9,16H2,1-2H3. The molecule has 1 nitrogen and oxygen atoms in total. The highest BCUT2D eigenvalue weighted by molar-refractivity contribution is 6.31. The summed E-state index contributed by atoms with van der Waals surface area (Å²) >= 11 is 6.26. The molecule has 0 saturated heterocycles. The summed E-state index contributed by atoms with van der Waals surface area (Å²) < 4.78 is 0. The van der Waals surface area contributed by atoms with Gasteiger partial charge in [-0.15, -0.1) is 0 Å². The number of hydrogen-bond donors (Lipinski definition) is 1. The van der Waals surface area contributed by atoms with Crippen LogP contribution in [0.2, 0.25) is 5.02 Å². The van der Waals surface area contributed by atoms with Gasteiger partial charge in [0.2, 0.25) is 0 Å². The van der Waals surface area contributed by atoms with Crippen molar-refractivity contribution in [1.29, 1.82) is 0 Å². The van der Waals surface area contributed by atoms with Crippen LogP contribution in [0, 0.1) is 5.41 Å². The van der Waals surface area contributed by atoms with Crippen molar-refractivity contribution >= 4 is 11.6 Å². The second kappa shape index (κ2) is 4.38. The van der Waals surface area contributed by atoms with Crippen LogP contribution in [0.25, 0.3) is 0 Å². The van der Waals surface area contributed by atoms with Crippen molar-refractivity contribution in [2.24, 2.45) is 11.1 Å². The molecule has 0 radical (unpaired) electrons. The second-order valence-corrected chi connectivity index (χ2v) is 6.11. The molecule has 1 aliphatic carbocycles. The topological polar surface area (TPSA) is 26.0 Å². The van der Waals surface area contributed by atoms with Crippen LogP contribution >= 0.6 is 11.6 Å². The van der Waals surface area contributed by atoms with Crippen LogP contribution < -0.4 is 5.73 Å². The molecule has 0 aliphatic heterocycles. The summed E-state index contributed by atoms with van der Waals surface area (Å²) in [6.45, 7) is 4.64. The van der Waals surface area contributed by atoms with Crippen molar-refractivity contribution in [3.63, 3.8) is 0 Å². The summed E-state index contributed by atoms with van der Waals surface area (Å²) in [6, 6.07) is 8.37. The molecular formula is C14H20ClN. The third kappa shape index (κ3) is 2.41. The van der Waals surface area contributed by atoms with Crippen molar-refractivity contribution < 1.29 is 0 Å². The summed E-state index contributed by atoms with van der Waals surface area (Å²) in [7, 11) is 0. The molecule has 2 unspecified atom stereocenters. The zero-order valence-electron chi connectivity index (χ0n) is 10.0. The fourth-order valence-electron chi connectivity index (χ4n) is 2.72. The number of benzene rings is 1. The molecule has 0 aromatic heterocycles. The smallest absolute Gasteiger partial charge is 0.0441 e. The van der Waals surface area contributed by atoms with Crippen LogP contribution in [0.5, 0.6) is 0 Å². The Bertz CT molecular complexity index is 373. The lowest BCUT2D eigenvalue weighted by atomic mass is 9.68. The average molecular weight is 238 g/mol. The van der Waals surface area contributed by atoms with Crippen molar-refractivity contribution in [2.75, 3.05) is 0 Å². The van der Waals surface area contributed by atoms with Gasteiger partial charge >= 0.3 is 0 Å². The van der Waals surface area contributed by atoms with Crippen LogP contribution in [0.1, 0.15) is 44.6 Å². The first-order valence-electron chi connectivity index (χ1n) is 6.00. The maximum atomic E-state index is 6.26. The Hall–Kier alpha value is -0.530. The second-order valence-electron chi connectivity index (χ2n) is 5.70. The third-order valence-electron chi connectivity index (χ3n) is 3.75. The summed E-state index contributed by atoms with van der Waals surface area (Å²) in [6.07, 6.45) is 3.45. The first-order chi connectivity index (χ1) is 7.49. The van der Waals surface area contributed by atoms with Crippen molar-refractivity contribution in [2.45, 2.75) is 45.1 Å². The SMILES string of the molecule is CC1(C)CCC(N)C(c2ccccc2Cl)C1. The molecule has 0 amide bonds. The van der Waals surface area contributed by atoms with E-state index in [-0.39, 0.29) is 6.04 Å². The van der Waals surface area contributed by atoms with E-state index in [2.05, 4.69) is 26.0 Å². The lowest BCUT2D eigenvalue weighted by molar-refractivity contribution is 0.198. The van der Waals surface area contributed by atoms with Crippen LogP contribution in [-0.4, -0.2) is 6.04 Å². The van der Waals surface area contributed by atoms with Crippen LogP contribution in [0.4, 0.5) is 0 Å². The van der Waals surface area contributed by atoms with Crippen LogP contribution in [0.15, 0.2) is 24.3 Å². The lowest BCUT2D eigenvalue weighted by Crippen LogP contribution is -2.37. The molecule has 0 bridgehead atoms. The normalized spacial score (nSPS) is 29.0. The van der Waals surface area contributed by atoms with Gasteiger partial charge in [-0.2, -0.15) is 0 Å². The molecular weight excluding hydrogens is 218 g/mol. The minimum absolute atomic E-state index is 0.257.